The van der Waals surface area contributed by atoms with E-state index in [9.17, 15) is 9.59 Å². The zero-order valence-corrected chi connectivity index (χ0v) is 22.0. The first kappa shape index (κ1) is 26.2. The lowest BCUT2D eigenvalue weighted by Gasteiger charge is -2.33. The Labute approximate surface area is 217 Å². The SMILES string of the molecule is CCCCC(CC)C(=O)N(Cc1ccco1)C(C)c1nc2ccccc2c(=O)n1-c1ccccc1OC. The van der Waals surface area contributed by atoms with Crippen molar-refractivity contribution in [2.75, 3.05) is 7.11 Å². The maximum atomic E-state index is 14.0. The van der Waals surface area contributed by atoms with E-state index < -0.39 is 6.04 Å². The van der Waals surface area contributed by atoms with Crippen LogP contribution < -0.4 is 10.3 Å². The quantitative estimate of drug-likeness (QED) is 0.241. The highest BCUT2D eigenvalue weighted by Crippen LogP contribution is 2.30. The van der Waals surface area contributed by atoms with Gasteiger partial charge in [0.25, 0.3) is 5.56 Å². The molecule has 0 aliphatic carbocycles. The number of carbonyl (C=O) groups excluding carboxylic acids is 1. The Hall–Kier alpha value is -3.87. The number of para-hydroxylation sites is 3. The van der Waals surface area contributed by atoms with Crippen LogP contribution in [0.3, 0.4) is 0 Å². The number of rotatable bonds is 11. The Morgan fingerprint density at radius 1 is 1.08 bits per heavy atom. The molecule has 4 rings (SSSR count). The van der Waals surface area contributed by atoms with Gasteiger partial charge < -0.3 is 14.1 Å². The minimum absolute atomic E-state index is 0.0360. The van der Waals surface area contributed by atoms with Gasteiger partial charge in [0, 0.05) is 5.92 Å². The number of fused-ring (bicyclic) bond motifs is 1. The standard InChI is InChI=1S/C30H35N3O4/c1-5-7-13-22(6-2)29(34)32(20-23-14-12-19-37-23)21(3)28-31-25-16-9-8-15-24(25)30(35)33(28)26-17-10-11-18-27(26)36-4/h8-12,14-19,21-22H,5-7,13,20H2,1-4H3. The van der Waals surface area contributed by atoms with Crippen molar-refractivity contribution < 1.29 is 13.9 Å². The normalized spacial score (nSPS) is 12.9. The molecule has 2 unspecified atom stereocenters. The molecule has 2 heterocycles. The maximum absolute atomic E-state index is 14.0. The van der Waals surface area contributed by atoms with E-state index in [1.807, 2.05) is 68.4 Å². The highest BCUT2D eigenvalue weighted by molar-refractivity contribution is 5.80. The van der Waals surface area contributed by atoms with Gasteiger partial charge in [0.1, 0.15) is 17.3 Å². The Kier molecular flexibility index (Phi) is 8.43. The summed E-state index contributed by atoms with van der Waals surface area (Å²) in [4.78, 5) is 34.6. The summed E-state index contributed by atoms with van der Waals surface area (Å²) in [5.41, 5.74) is 0.961. The van der Waals surface area contributed by atoms with E-state index in [4.69, 9.17) is 14.1 Å². The van der Waals surface area contributed by atoms with Crippen LogP contribution in [0.25, 0.3) is 16.6 Å². The molecule has 0 aliphatic heterocycles. The van der Waals surface area contributed by atoms with Crippen molar-refractivity contribution in [3.05, 3.63) is 88.9 Å². The van der Waals surface area contributed by atoms with Gasteiger partial charge in [0.05, 0.1) is 42.5 Å². The molecule has 0 saturated heterocycles. The van der Waals surface area contributed by atoms with Gasteiger partial charge in [0.2, 0.25) is 5.91 Å². The Morgan fingerprint density at radius 3 is 2.54 bits per heavy atom. The van der Waals surface area contributed by atoms with Crippen LogP contribution in [-0.2, 0) is 11.3 Å². The van der Waals surface area contributed by atoms with E-state index >= 15 is 0 Å². The third kappa shape index (κ3) is 5.45. The van der Waals surface area contributed by atoms with Crippen LogP contribution in [0.15, 0.2) is 76.1 Å². The zero-order valence-electron chi connectivity index (χ0n) is 22.0. The number of methoxy groups -OCH3 is 1. The van der Waals surface area contributed by atoms with Crippen molar-refractivity contribution in [1.82, 2.24) is 14.5 Å². The molecular formula is C30H35N3O4. The van der Waals surface area contributed by atoms with Crippen LogP contribution in [-0.4, -0.2) is 27.5 Å². The molecular weight excluding hydrogens is 466 g/mol. The van der Waals surface area contributed by atoms with Crippen molar-refractivity contribution in [2.24, 2.45) is 5.92 Å². The molecule has 194 valence electrons. The average Bonchev–Trinajstić information content (AvgIpc) is 3.45. The molecule has 0 saturated carbocycles. The number of hydrogen-bond acceptors (Lipinski definition) is 5. The number of benzene rings is 2. The van der Waals surface area contributed by atoms with E-state index in [0.717, 1.165) is 25.7 Å². The molecule has 7 nitrogen and oxygen atoms in total. The summed E-state index contributed by atoms with van der Waals surface area (Å²) in [5.74, 6) is 1.61. The Bertz CT molecular complexity index is 1390. The van der Waals surface area contributed by atoms with Crippen molar-refractivity contribution in [1.29, 1.82) is 0 Å². The monoisotopic (exact) mass is 501 g/mol. The molecule has 4 aromatic rings. The van der Waals surface area contributed by atoms with Gasteiger partial charge in [-0.25, -0.2) is 4.98 Å². The van der Waals surface area contributed by atoms with Crippen molar-refractivity contribution in [3.63, 3.8) is 0 Å². The summed E-state index contributed by atoms with van der Waals surface area (Å²) in [6, 6.07) is 17.8. The Balaban J connectivity index is 1.91. The lowest BCUT2D eigenvalue weighted by molar-refractivity contribution is -0.139. The molecule has 7 heteroatoms. The first-order valence-electron chi connectivity index (χ1n) is 13.0. The minimum Gasteiger partial charge on any atom is -0.495 e. The summed E-state index contributed by atoms with van der Waals surface area (Å²) < 4.78 is 12.8. The highest BCUT2D eigenvalue weighted by Gasteiger charge is 2.31. The number of ether oxygens (including phenoxy) is 1. The predicted molar refractivity (Wildman–Crippen MR) is 145 cm³/mol. The summed E-state index contributed by atoms with van der Waals surface area (Å²) in [7, 11) is 1.58. The van der Waals surface area contributed by atoms with Crippen molar-refractivity contribution in [3.8, 4) is 11.4 Å². The van der Waals surface area contributed by atoms with Crippen LogP contribution in [0.2, 0.25) is 0 Å². The number of furan rings is 1. The third-order valence-electron chi connectivity index (χ3n) is 6.91. The van der Waals surface area contributed by atoms with Gasteiger partial charge in [-0.2, -0.15) is 0 Å². The topological polar surface area (TPSA) is 77.6 Å². The molecule has 0 bridgehead atoms. The van der Waals surface area contributed by atoms with Gasteiger partial charge in [-0.05, 0) is 56.2 Å². The second-order valence-corrected chi connectivity index (χ2v) is 9.27. The predicted octanol–water partition coefficient (Wildman–Crippen LogP) is 6.29. The van der Waals surface area contributed by atoms with Crippen molar-refractivity contribution >= 4 is 16.8 Å². The summed E-state index contributed by atoms with van der Waals surface area (Å²) in [6.45, 7) is 6.39. The molecule has 0 spiro atoms. The van der Waals surface area contributed by atoms with E-state index in [1.54, 1.807) is 28.9 Å². The fraction of sp³-hybridized carbons (Fsp3) is 0.367. The number of hydrogen-bond donors (Lipinski definition) is 0. The van der Waals surface area contributed by atoms with Gasteiger partial charge >= 0.3 is 0 Å². The lowest BCUT2D eigenvalue weighted by Crippen LogP contribution is -2.40. The van der Waals surface area contributed by atoms with Crippen LogP contribution in [0.4, 0.5) is 0 Å². The fourth-order valence-corrected chi connectivity index (χ4v) is 4.78. The summed E-state index contributed by atoms with van der Waals surface area (Å²) >= 11 is 0. The first-order chi connectivity index (χ1) is 18.0. The van der Waals surface area contributed by atoms with Crippen LogP contribution in [0.5, 0.6) is 5.75 Å². The number of aromatic nitrogens is 2. The number of unbranched alkanes of at least 4 members (excludes halogenated alkanes) is 1. The van der Waals surface area contributed by atoms with Crippen LogP contribution >= 0.6 is 0 Å². The van der Waals surface area contributed by atoms with Gasteiger partial charge in [0.15, 0.2) is 0 Å². The van der Waals surface area contributed by atoms with Crippen LogP contribution in [0.1, 0.15) is 64.1 Å². The maximum Gasteiger partial charge on any atom is 0.266 e. The molecule has 0 N–H and O–H groups in total. The fourth-order valence-electron chi connectivity index (χ4n) is 4.78. The second-order valence-electron chi connectivity index (χ2n) is 9.27. The Morgan fingerprint density at radius 2 is 1.84 bits per heavy atom. The van der Waals surface area contributed by atoms with E-state index in [0.29, 0.717) is 33.9 Å². The number of carbonyl (C=O) groups is 1. The van der Waals surface area contributed by atoms with Gasteiger partial charge in [-0.15, -0.1) is 0 Å². The smallest absolute Gasteiger partial charge is 0.266 e. The number of nitrogens with zero attached hydrogens (tertiary/aromatic N) is 3. The minimum atomic E-state index is -0.518. The largest absolute Gasteiger partial charge is 0.495 e. The van der Waals surface area contributed by atoms with E-state index in [2.05, 4.69) is 6.92 Å². The zero-order chi connectivity index (χ0) is 26.4. The molecule has 2 aromatic heterocycles. The first-order valence-corrected chi connectivity index (χ1v) is 13.0. The molecule has 2 aromatic carbocycles. The van der Waals surface area contributed by atoms with Gasteiger partial charge in [-0.3, -0.25) is 14.2 Å². The molecule has 0 aliphatic rings. The summed E-state index contributed by atoms with van der Waals surface area (Å²) in [6.07, 6.45) is 5.17. The number of amides is 1. The molecule has 1 amide bonds. The molecule has 37 heavy (non-hydrogen) atoms. The van der Waals surface area contributed by atoms with E-state index in [-0.39, 0.29) is 23.9 Å². The molecule has 0 fully saturated rings. The van der Waals surface area contributed by atoms with E-state index in [1.165, 1.54) is 0 Å². The third-order valence-corrected chi connectivity index (χ3v) is 6.91. The highest BCUT2D eigenvalue weighted by atomic mass is 16.5. The second kappa shape index (κ2) is 11.9. The van der Waals surface area contributed by atoms with Crippen LogP contribution in [0, 0.1) is 5.92 Å². The average molecular weight is 502 g/mol. The lowest BCUT2D eigenvalue weighted by atomic mass is 9.96. The molecule has 0 radical (unpaired) electrons. The summed E-state index contributed by atoms with van der Waals surface area (Å²) in [5, 5.41) is 0.502. The van der Waals surface area contributed by atoms with Gasteiger partial charge in [-0.1, -0.05) is 51.0 Å². The molecule has 2 atom stereocenters. The van der Waals surface area contributed by atoms with Crippen molar-refractivity contribution in [2.45, 2.75) is 59.0 Å².